The molecule has 1 aromatic heterocycles. The topological polar surface area (TPSA) is 88.7 Å². The van der Waals surface area contributed by atoms with Gasteiger partial charge in [-0.2, -0.15) is 0 Å². The van der Waals surface area contributed by atoms with Crippen LogP contribution in [0.2, 0.25) is 0 Å². The van der Waals surface area contributed by atoms with Gasteiger partial charge in [-0.25, -0.2) is 9.59 Å². The van der Waals surface area contributed by atoms with Crippen molar-refractivity contribution in [2.75, 3.05) is 32.0 Å². The maximum atomic E-state index is 12.4. The molecule has 0 aromatic carbocycles. The SMILES string of the molecule is Cc1cc(NC(=O)N2CCCN(C)CC2C)c(C(=O)O)[nH]1. The zero-order chi connectivity index (χ0) is 15.6. The number of anilines is 1. The van der Waals surface area contributed by atoms with Gasteiger partial charge in [-0.3, -0.25) is 0 Å². The van der Waals surface area contributed by atoms with Crippen LogP contribution in [0.15, 0.2) is 6.07 Å². The first-order valence-corrected chi connectivity index (χ1v) is 7.07. The summed E-state index contributed by atoms with van der Waals surface area (Å²) in [7, 11) is 2.04. The highest BCUT2D eigenvalue weighted by Crippen LogP contribution is 2.18. The van der Waals surface area contributed by atoms with Gasteiger partial charge in [0.1, 0.15) is 5.69 Å². The molecule has 116 valence electrons. The number of nitrogens with one attached hydrogen (secondary N) is 2. The maximum Gasteiger partial charge on any atom is 0.354 e. The summed E-state index contributed by atoms with van der Waals surface area (Å²) in [6.45, 7) is 6.19. The number of urea groups is 1. The molecular formula is C14H22N4O3. The Labute approximate surface area is 123 Å². The molecule has 7 nitrogen and oxygen atoms in total. The molecule has 1 fully saturated rings. The molecule has 2 amide bonds. The molecule has 1 aromatic rings. The molecule has 0 saturated carbocycles. The van der Waals surface area contributed by atoms with E-state index in [1.54, 1.807) is 17.9 Å². The first-order chi connectivity index (χ1) is 9.88. The maximum absolute atomic E-state index is 12.4. The molecular weight excluding hydrogens is 272 g/mol. The summed E-state index contributed by atoms with van der Waals surface area (Å²) in [6, 6.07) is 1.47. The Morgan fingerprint density at radius 3 is 2.81 bits per heavy atom. The fraction of sp³-hybridized carbons (Fsp3) is 0.571. The smallest absolute Gasteiger partial charge is 0.354 e. The number of rotatable bonds is 2. The summed E-state index contributed by atoms with van der Waals surface area (Å²) >= 11 is 0. The summed E-state index contributed by atoms with van der Waals surface area (Å²) in [5, 5.41) is 11.8. The van der Waals surface area contributed by atoms with Gasteiger partial charge in [0.15, 0.2) is 0 Å². The minimum absolute atomic E-state index is 0.0143. The van der Waals surface area contributed by atoms with Crippen molar-refractivity contribution in [3.8, 4) is 0 Å². The fourth-order valence-electron chi connectivity index (χ4n) is 2.72. The number of likely N-dealkylation sites (N-methyl/N-ethyl adjacent to an activating group) is 1. The number of hydrogen-bond donors (Lipinski definition) is 3. The molecule has 1 atom stereocenters. The van der Waals surface area contributed by atoms with E-state index >= 15 is 0 Å². The van der Waals surface area contributed by atoms with E-state index in [-0.39, 0.29) is 17.8 Å². The van der Waals surface area contributed by atoms with Crippen molar-refractivity contribution in [1.82, 2.24) is 14.8 Å². The van der Waals surface area contributed by atoms with E-state index in [1.807, 2.05) is 14.0 Å². The number of carboxylic acid groups (broad SMARTS) is 1. The molecule has 0 radical (unpaired) electrons. The number of H-pyrrole nitrogens is 1. The highest BCUT2D eigenvalue weighted by Gasteiger charge is 2.25. The molecule has 0 aliphatic carbocycles. The lowest BCUT2D eigenvalue weighted by atomic mass is 10.3. The van der Waals surface area contributed by atoms with Crippen LogP contribution in [0.5, 0.6) is 0 Å². The molecule has 1 aliphatic rings. The van der Waals surface area contributed by atoms with E-state index in [0.717, 1.165) is 19.5 Å². The monoisotopic (exact) mass is 294 g/mol. The number of hydrogen-bond acceptors (Lipinski definition) is 3. The van der Waals surface area contributed by atoms with E-state index in [1.165, 1.54) is 0 Å². The van der Waals surface area contributed by atoms with Crippen molar-refractivity contribution in [1.29, 1.82) is 0 Å². The average Bonchev–Trinajstić information content (AvgIpc) is 2.65. The van der Waals surface area contributed by atoms with Gasteiger partial charge in [-0.1, -0.05) is 0 Å². The minimum atomic E-state index is -1.08. The van der Waals surface area contributed by atoms with Crippen molar-refractivity contribution >= 4 is 17.7 Å². The molecule has 1 aliphatic heterocycles. The Hall–Kier alpha value is -2.02. The molecule has 21 heavy (non-hydrogen) atoms. The van der Waals surface area contributed by atoms with Crippen molar-refractivity contribution < 1.29 is 14.7 Å². The fourth-order valence-corrected chi connectivity index (χ4v) is 2.72. The number of amides is 2. The molecule has 0 spiro atoms. The molecule has 0 bridgehead atoms. The Balaban J connectivity index is 2.12. The molecule has 3 N–H and O–H groups in total. The van der Waals surface area contributed by atoms with Crippen LogP contribution in [0.1, 0.15) is 29.5 Å². The van der Waals surface area contributed by atoms with E-state index in [9.17, 15) is 9.59 Å². The number of nitrogens with zero attached hydrogens (tertiary/aromatic N) is 2. The summed E-state index contributed by atoms with van der Waals surface area (Å²) in [4.78, 5) is 30.3. The quantitative estimate of drug-likeness (QED) is 0.772. The largest absolute Gasteiger partial charge is 0.477 e. The summed E-state index contributed by atoms with van der Waals surface area (Å²) in [6.07, 6.45) is 0.909. The second-order valence-electron chi connectivity index (χ2n) is 5.63. The molecule has 1 unspecified atom stereocenters. The number of carboxylic acids is 1. The Bertz CT molecular complexity index is 540. The van der Waals surface area contributed by atoms with Crippen molar-refractivity contribution in [3.05, 3.63) is 17.5 Å². The molecule has 2 rings (SSSR count). The predicted octanol–water partition coefficient (Wildman–Crippen LogP) is 1.58. The lowest BCUT2D eigenvalue weighted by Crippen LogP contribution is -2.44. The summed E-state index contributed by atoms with van der Waals surface area (Å²) < 4.78 is 0. The van der Waals surface area contributed by atoms with Crippen molar-refractivity contribution in [2.24, 2.45) is 0 Å². The zero-order valence-electron chi connectivity index (χ0n) is 12.6. The van der Waals surface area contributed by atoms with E-state index in [2.05, 4.69) is 15.2 Å². The summed E-state index contributed by atoms with van der Waals surface area (Å²) in [5.41, 5.74) is 1.03. The van der Waals surface area contributed by atoms with Crippen LogP contribution in [0, 0.1) is 6.92 Å². The Kier molecular flexibility index (Phi) is 4.52. The van der Waals surface area contributed by atoms with Crippen LogP contribution in [0.4, 0.5) is 10.5 Å². The van der Waals surface area contributed by atoms with Gasteiger partial charge in [-0.05, 0) is 39.9 Å². The Morgan fingerprint density at radius 2 is 2.14 bits per heavy atom. The van der Waals surface area contributed by atoms with E-state index in [4.69, 9.17) is 5.11 Å². The first-order valence-electron chi connectivity index (χ1n) is 7.07. The number of aromatic carboxylic acids is 1. The highest BCUT2D eigenvalue weighted by molar-refractivity contribution is 5.99. The normalized spacial score (nSPS) is 20.1. The second kappa shape index (κ2) is 6.17. The van der Waals surface area contributed by atoms with Crippen LogP contribution < -0.4 is 5.32 Å². The number of aromatic amines is 1. The van der Waals surface area contributed by atoms with Crippen LogP contribution in [0.3, 0.4) is 0 Å². The second-order valence-corrected chi connectivity index (χ2v) is 5.63. The first kappa shape index (κ1) is 15.4. The lowest BCUT2D eigenvalue weighted by molar-refractivity contribution is 0.0692. The minimum Gasteiger partial charge on any atom is -0.477 e. The van der Waals surface area contributed by atoms with Gasteiger partial charge >= 0.3 is 12.0 Å². The lowest BCUT2D eigenvalue weighted by Gasteiger charge is -2.28. The Morgan fingerprint density at radius 1 is 1.43 bits per heavy atom. The average molecular weight is 294 g/mol. The van der Waals surface area contributed by atoms with Crippen molar-refractivity contribution in [3.63, 3.8) is 0 Å². The third-order valence-electron chi connectivity index (χ3n) is 3.72. The van der Waals surface area contributed by atoms with Gasteiger partial charge in [-0.15, -0.1) is 0 Å². The summed E-state index contributed by atoms with van der Waals surface area (Å²) in [5.74, 6) is -1.08. The van der Waals surface area contributed by atoms with Crippen LogP contribution >= 0.6 is 0 Å². The van der Waals surface area contributed by atoms with E-state index < -0.39 is 5.97 Å². The van der Waals surface area contributed by atoms with Gasteiger partial charge in [0.05, 0.1) is 5.69 Å². The van der Waals surface area contributed by atoms with Crippen LogP contribution in [-0.4, -0.2) is 64.6 Å². The third kappa shape index (κ3) is 3.55. The highest BCUT2D eigenvalue weighted by atomic mass is 16.4. The van der Waals surface area contributed by atoms with Gasteiger partial charge in [0, 0.05) is 24.8 Å². The number of carbonyl (C=O) groups is 2. The molecule has 1 saturated heterocycles. The van der Waals surface area contributed by atoms with Crippen molar-refractivity contribution in [2.45, 2.75) is 26.3 Å². The molecule has 2 heterocycles. The van der Waals surface area contributed by atoms with Crippen LogP contribution in [-0.2, 0) is 0 Å². The van der Waals surface area contributed by atoms with Gasteiger partial charge in [0.2, 0.25) is 0 Å². The number of aromatic nitrogens is 1. The third-order valence-corrected chi connectivity index (χ3v) is 3.72. The van der Waals surface area contributed by atoms with Crippen LogP contribution in [0.25, 0.3) is 0 Å². The van der Waals surface area contributed by atoms with Gasteiger partial charge < -0.3 is 25.2 Å². The predicted molar refractivity (Wildman–Crippen MR) is 79.8 cm³/mol. The van der Waals surface area contributed by atoms with Gasteiger partial charge in [0.25, 0.3) is 0 Å². The molecule has 7 heteroatoms. The number of carbonyl (C=O) groups excluding carboxylic acids is 1. The standard InChI is InChI=1S/C14H22N4O3/c1-9-7-11(12(15-9)13(19)20)16-14(21)18-6-4-5-17(3)8-10(18)2/h7,10,15H,4-6,8H2,1-3H3,(H,16,21)(H,19,20). The van der Waals surface area contributed by atoms with E-state index in [0.29, 0.717) is 17.9 Å². The zero-order valence-corrected chi connectivity index (χ0v) is 12.6. The number of aryl methyl sites for hydroxylation is 1.